The predicted molar refractivity (Wildman–Crippen MR) is 109 cm³/mol. The van der Waals surface area contributed by atoms with Crippen molar-refractivity contribution in [3.63, 3.8) is 0 Å². The number of amides is 1. The highest BCUT2D eigenvalue weighted by molar-refractivity contribution is 5.87. The first kappa shape index (κ1) is 20.5. The molecule has 0 aliphatic carbocycles. The van der Waals surface area contributed by atoms with E-state index in [4.69, 9.17) is 9.47 Å². The fourth-order valence-electron chi connectivity index (χ4n) is 3.18. The van der Waals surface area contributed by atoms with Gasteiger partial charge in [-0.05, 0) is 20.8 Å². The van der Waals surface area contributed by atoms with E-state index in [1.54, 1.807) is 18.5 Å². The summed E-state index contributed by atoms with van der Waals surface area (Å²) in [6.45, 7) is 12.5. The second-order valence-corrected chi connectivity index (χ2v) is 7.97. The summed E-state index contributed by atoms with van der Waals surface area (Å²) >= 11 is 0. The summed E-state index contributed by atoms with van der Waals surface area (Å²) in [6, 6.07) is 2.03. The van der Waals surface area contributed by atoms with Gasteiger partial charge < -0.3 is 24.2 Å². The van der Waals surface area contributed by atoms with Gasteiger partial charge in [-0.15, -0.1) is 0 Å². The molecule has 2 fully saturated rings. The van der Waals surface area contributed by atoms with Crippen molar-refractivity contribution < 1.29 is 14.3 Å². The lowest BCUT2D eigenvalue weighted by molar-refractivity contribution is -0.126. The van der Waals surface area contributed by atoms with Gasteiger partial charge in [0.1, 0.15) is 18.0 Å². The van der Waals surface area contributed by atoms with E-state index in [1.165, 1.54) is 0 Å². The molecule has 8 heteroatoms. The predicted octanol–water partition coefficient (Wildman–Crippen LogP) is 1.33. The largest absolute Gasteiger partial charge is 0.378 e. The molecule has 8 nitrogen and oxygen atoms in total. The molecule has 2 aliphatic heterocycles. The molecule has 0 radical (unpaired) electrons. The van der Waals surface area contributed by atoms with Crippen LogP contribution in [0.1, 0.15) is 20.8 Å². The van der Waals surface area contributed by atoms with Gasteiger partial charge in [-0.25, -0.2) is 9.97 Å². The topological polar surface area (TPSA) is 71.0 Å². The molecule has 0 spiro atoms. The first-order valence-corrected chi connectivity index (χ1v) is 9.91. The van der Waals surface area contributed by atoms with Gasteiger partial charge in [-0.2, -0.15) is 0 Å². The Morgan fingerprint density at radius 1 is 1.07 bits per heavy atom. The zero-order valence-electron chi connectivity index (χ0n) is 17.1. The van der Waals surface area contributed by atoms with Crippen LogP contribution in [0.15, 0.2) is 24.5 Å². The van der Waals surface area contributed by atoms with E-state index in [9.17, 15) is 4.79 Å². The number of hydrogen-bond donors (Lipinski definition) is 0. The first-order chi connectivity index (χ1) is 13.4. The Morgan fingerprint density at radius 2 is 1.68 bits per heavy atom. The standard InChI is InChI=1S/C20H31N5O3/c1-20(2,3)28-12-4-5-19(26)25-8-6-23(7-9-25)17-15-18(22-16-21-17)24-10-13-27-14-11-24/h4-5,15-16H,6-14H2,1-3H3/b5-4+. The van der Waals surface area contributed by atoms with Crippen molar-refractivity contribution in [2.75, 3.05) is 68.9 Å². The van der Waals surface area contributed by atoms with Gasteiger partial charge in [0.15, 0.2) is 0 Å². The highest BCUT2D eigenvalue weighted by atomic mass is 16.5. The second kappa shape index (κ2) is 9.34. The van der Waals surface area contributed by atoms with Gasteiger partial charge >= 0.3 is 0 Å². The Kier molecular flexibility index (Phi) is 6.85. The molecule has 0 aromatic carbocycles. The third-order valence-electron chi connectivity index (χ3n) is 4.76. The van der Waals surface area contributed by atoms with Crippen LogP contribution in [0.25, 0.3) is 0 Å². The molecule has 3 rings (SSSR count). The van der Waals surface area contributed by atoms with Gasteiger partial charge in [0.2, 0.25) is 5.91 Å². The van der Waals surface area contributed by atoms with Crippen molar-refractivity contribution in [1.82, 2.24) is 14.9 Å². The molecule has 0 atom stereocenters. The molecule has 0 bridgehead atoms. The Balaban J connectivity index is 1.49. The van der Waals surface area contributed by atoms with E-state index in [2.05, 4.69) is 19.8 Å². The number of rotatable bonds is 5. The Hall–Kier alpha value is -2.19. The maximum absolute atomic E-state index is 12.3. The number of aromatic nitrogens is 2. The first-order valence-electron chi connectivity index (χ1n) is 9.91. The maximum atomic E-state index is 12.3. The summed E-state index contributed by atoms with van der Waals surface area (Å²) in [7, 11) is 0. The summed E-state index contributed by atoms with van der Waals surface area (Å²) in [5.41, 5.74) is -0.198. The Labute approximate surface area is 167 Å². The highest BCUT2D eigenvalue weighted by Gasteiger charge is 2.22. The van der Waals surface area contributed by atoms with Gasteiger partial charge in [0, 0.05) is 51.4 Å². The highest BCUT2D eigenvalue weighted by Crippen LogP contribution is 2.20. The summed E-state index contributed by atoms with van der Waals surface area (Å²) in [5, 5.41) is 0. The van der Waals surface area contributed by atoms with Crippen molar-refractivity contribution in [3.05, 3.63) is 24.5 Å². The SMILES string of the molecule is CC(C)(C)OC/C=C/C(=O)N1CCN(c2cc(N3CCOCC3)ncn2)CC1. The summed E-state index contributed by atoms with van der Waals surface area (Å²) in [5.74, 6) is 1.89. The minimum atomic E-state index is -0.198. The number of morpholine rings is 1. The number of carbonyl (C=O) groups excluding carboxylic acids is 1. The van der Waals surface area contributed by atoms with Crippen molar-refractivity contribution in [2.45, 2.75) is 26.4 Å². The lowest BCUT2D eigenvalue weighted by Gasteiger charge is -2.35. The van der Waals surface area contributed by atoms with Crippen molar-refractivity contribution in [2.24, 2.45) is 0 Å². The van der Waals surface area contributed by atoms with E-state index in [0.29, 0.717) is 19.7 Å². The minimum Gasteiger partial charge on any atom is -0.378 e. The van der Waals surface area contributed by atoms with Crippen LogP contribution in [0, 0.1) is 0 Å². The smallest absolute Gasteiger partial charge is 0.246 e. The monoisotopic (exact) mass is 389 g/mol. The molecule has 1 aromatic heterocycles. The van der Waals surface area contributed by atoms with Crippen molar-refractivity contribution in [1.29, 1.82) is 0 Å². The van der Waals surface area contributed by atoms with Gasteiger partial charge in [0.25, 0.3) is 0 Å². The third-order valence-corrected chi connectivity index (χ3v) is 4.76. The van der Waals surface area contributed by atoms with Crippen LogP contribution in [0.5, 0.6) is 0 Å². The van der Waals surface area contributed by atoms with Crippen LogP contribution in [-0.2, 0) is 14.3 Å². The molecular formula is C20H31N5O3. The van der Waals surface area contributed by atoms with E-state index < -0.39 is 0 Å². The minimum absolute atomic E-state index is 0.0360. The quantitative estimate of drug-likeness (QED) is 0.704. The number of nitrogens with zero attached hydrogens (tertiary/aromatic N) is 5. The molecule has 0 N–H and O–H groups in total. The average molecular weight is 390 g/mol. The number of anilines is 2. The number of carbonyl (C=O) groups is 1. The fourth-order valence-corrected chi connectivity index (χ4v) is 3.18. The van der Waals surface area contributed by atoms with Crippen LogP contribution in [0.2, 0.25) is 0 Å². The lowest BCUT2D eigenvalue weighted by atomic mass is 10.2. The molecular weight excluding hydrogens is 358 g/mol. The average Bonchev–Trinajstić information content (AvgIpc) is 2.71. The molecule has 0 unspecified atom stereocenters. The van der Waals surface area contributed by atoms with Crippen LogP contribution in [-0.4, -0.2) is 85.5 Å². The van der Waals surface area contributed by atoms with Gasteiger partial charge in [-0.1, -0.05) is 6.08 Å². The summed E-state index contributed by atoms with van der Waals surface area (Å²) < 4.78 is 11.0. The van der Waals surface area contributed by atoms with Crippen molar-refractivity contribution in [3.8, 4) is 0 Å². The molecule has 28 heavy (non-hydrogen) atoms. The maximum Gasteiger partial charge on any atom is 0.246 e. The summed E-state index contributed by atoms with van der Waals surface area (Å²) in [6.07, 6.45) is 5.03. The van der Waals surface area contributed by atoms with Crippen LogP contribution < -0.4 is 9.80 Å². The van der Waals surface area contributed by atoms with Crippen molar-refractivity contribution >= 4 is 17.5 Å². The lowest BCUT2D eigenvalue weighted by Crippen LogP contribution is -2.48. The van der Waals surface area contributed by atoms with Gasteiger partial charge in [-0.3, -0.25) is 4.79 Å². The summed E-state index contributed by atoms with van der Waals surface area (Å²) in [4.78, 5) is 27.5. The van der Waals surface area contributed by atoms with E-state index >= 15 is 0 Å². The molecule has 2 aliphatic rings. The number of piperazine rings is 1. The Morgan fingerprint density at radius 3 is 2.29 bits per heavy atom. The zero-order valence-corrected chi connectivity index (χ0v) is 17.1. The molecule has 1 amide bonds. The third kappa shape index (κ3) is 5.90. The molecule has 2 saturated heterocycles. The van der Waals surface area contributed by atoms with Crippen LogP contribution in [0.3, 0.4) is 0 Å². The van der Waals surface area contributed by atoms with Crippen LogP contribution in [0.4, 0.5) is 11.6 Å². The van der Waals surface area contributed by atoms with Gasteiger partial charge in [0.05, 0.1) is 25.4 Å². The number of ether oxygens (including phenoxy) is 2. The Bertz CT molecular complexity index is 675. The van der Waals surface area contributed by atoms with E-state index in [-0.39, 0.29) is 11.5 Å². The molecule has 3 heterocycles. The zero-order chi connectivity index (χ0) is 20.0. The van der Waals surface area contributed by atoms with E-state index in [0.717, 1.165) is 51.0 Å². The second-order valence-electron chi connectivity index (χ2n) is 7.97. The fraction of sp³-hybridized carbons (Fsp3) is 0.650. The number of hydrogen-bond acceptors (Lipinski definition) is 7. The molecule has 0 saturated carbocycles. The van der Waals surface area contributed by atoms with E-state index in [1.807, 2.05) is 31.7 Å². The normalized spacial score (nSPS) is 18.8. The molecule has 1 aromatic rings. The molecule has 154 valence electrons. The van der Waals surface area contributed by atoms with Crippen LogP contribution >= 0.6 is 0 Å².